The van der Waals surface area contributed by atoms with Gasteiger partial charge in [-0.2, -0.15) is 16.9 Å². The number of carbonyl (C=O) groups is 1. The number of benzene rings is 1. The molecule has 156 valence electrons. The highest BCUT2D eigenvalue weighted by molar-refractivity contribution is 7.98. The van der Waals surface area contributed by atoms with Crippen LogP contribution in [0.25, 0.3) is 21.8 Å². The van der Waals surface area contributed by atoms with E-state index in [1.165, 1.54) is 4.68 Å². The molecule has 1 N–H and O–H groups in total. The summed E-state index contributed by atoms with van der Waals surface area (Å²) >= 11 is 1.73. The van der Waals surface area contributed by atoms with E-state index in [4.69, 9.17) is 4.42 Å². The lowest BCUT2D eigenvalue weighted by Crippen LogP contribution is -2.26. The quantitative estimate of drug-likeness (QED) is 0.417. The first-order valence-corrected chi connectivity index (χ1v) is 11.1. The molecule has 0 saturated heterocycles. The van der Waals surface area contributed by atoms with Gasteiger partial charge in [-0.3, -0.25) is 9.59 Å². The van der Waals surface area contributed by atoms with Gasteiger partial charge in [0.1, 0.15) is 11.3 Å². The number of hydrogen-bond donors (Lipinski definition) is 1. The third kappa shape index (κ3) is 4.28. The lowest BCUT2D eigenvalue weighted by molar-refractivity contribution is -0.121. The molecular formula is C22H24N4O3S. The van der Waals surface area contributed by atoms with E-state index in [1.807, 2.05) is 41.0 Å². The summed E-state index contributed by atoms with van der Waals surface area (Å²) in [4.78, 5) is 24.9. The fraction of sp³-hybridized carbons (Fsp3) is 0.318. The molecule has 0 saturated carbocycles. The summed E-state index contributed by atoms with van der Waals surface area (Å²) in [5.41, 5.74) is 1.51. The average Bonchev–Trinajstić information content (AvgIpc) is 3.37. The topological polar surface area (TPSA) is 82.1 Å². The summed E-state index contributed by atoms with van der Waals surface area (Å²) in [5.74, 6) is 2.62. The molecule has 0 fully saturated rings. The van der Waals surface area contributed by atoms with Gasteiger partial charge >= 0.3 is 0 Å². The molecule has 8 heteroatoms. The Labute approximate surface area is 178 Å². The second-order valence-electron chi connectivity index (χ2n) is 7.09. The van der Waals surface area contributed by atoms with Gasteiger partial charge in [0.15, 0.2) is 0 Å². The van der Waals surface area contributed by atoms with E-state index in [2.05, 4.69) is 10.4 Å². The maximum atomic E-state index is 12.7. The zero-order valence-electron chi connectivity index (χ0n) is 16.8. The first-order chi connectivity index (χ1) is 14.6. The van der Waals surface area contributed by atoms with Crippen LogP contribution in [0.3, 0.4) is 0 Å². The van der Waals surface area contributed by atoms with Crippen molar-refractivity contribution >= 4 is 39.5 Å². The predicted octanol–water partition coefficient (Wildman–Crippen LogP) is 3.31. The van der Waals surface area contributed by atoms with Gasteiger partial charge in [0, 0.05) is 48.6 Å². The van der Waals surface area contributed by atoms with Crippen LogP contribution in [0.5, 0.6) is 0 Å². The molecule has 30 heavy (non-hydrogen) atoms. The number of aromatic nitrogens is 3. The summed E-state index contributed by atoms with van der Waals surface area (Å²) in [5, 5.41) is 8.99. The molecule has 3 heterocycles. The second kappa shape index (κ2) is 9.21. The number of hydrogen-bond acceptors (Lipinski definition) is 5. The molecule has 4 rings (SSSR count). The predicted molar refractivity (Wildman–Crippen MR) is 120 cm³/mol. The molecule has 3 aromatic heterocycles. The van der Waals surface area contributed by atoms with Gasteiger partial charge < -0.3 is 14.3 Å². The van der Waals surface area contributed by atoms with Crippen LogP contribution in [0.2, 0.25) is 0 Å². The third-order valence-corrected chi connectivity index (χ3v) is 6.03. The van der Waals surface area contributed by atoms with Crippen LogP contribution in [-0.4, -0.2) is 32.6 Å². The number of furan rings is 1. The largest absolute Gasteiger partial charge is 0.468 e. The molecule has 1 aromatic carbocycles. The van der Waals surface area contributed by atoms with Crippen molar-refractivity contribution in [2.45, 2.75) is 25.1 Å². The normalized spacial score (nSPS) is 11.4. The van der Waals surface area contributed by atoms with Crippen molar-refractivity contribution in [3.63, 3.8) is 0 Å². The molecule has 0 aliphatic carbocycles. The molecule has 0 unspecified atom stereocenters. The van der Waals surface area contributed by atoms with Gasteiger partial charge in [0.25, 0.3) is 5.56 Å². The number of carbonyl (C=O) groups excluding carboxylic acids is 1. The Hall–Kier alpha value is -3.00. The highest BCUT2D eigenvalue weighted by Crippen LogP contribution is 2.26. The number of fused-ring (bicyclic) bond motifs is 3. The first kappa shape index (κ1) is 20.3. The fourth-order valence-electron chi connectivity index (χ4n) is 3.59. The maximum absolute atomic E-state index is 12.7. The zero-order chi connectivity index (χ0) is 20.9. The Bertz CT molecular complexity index is 1210. The Morgan fingerprint density at radius 1 is 1.20 bits per heavy atom. The molecule has 0 bridgehead atoms. The van der Waals surface area contributed by atoms with Crippen molar-refractivity contribution in [3.8, 4) is 0 Å². The van der Waals surface area contributed by atoms with E-state index in [9.17, 15) is 9.59 Å². The number of nitrogens with one attached hydrogen (secondary N) is 1. The molecule has 0 aliphatic heterocycles. The minimum absolute atomic E-state index is 0.0314. The van der Waals surface area contributed by atoms with Gasteiger partial charge in [-0.1, -0.05) is 18.2 Å². The number of nitrogens with zero attached hydrogens (tertiary/aromatic N) is 3. The van der Waals surface area contributed by atoms with E-state index < -0.39 is 0 Å². The van der Waals surface area contributed by atoms with Gasteiger partial charge in [-0.05, 0) is 24.6 Å². The van der Waals surface area contributed by atoms with Gasteiger partial charge in [0.2, 0.25) is 5.91 Å². The van der Waals surface area contributed by atoms with Crippen molar-refractivity contribution in [2.24, 2.45) is 7.05 Å². The third-order valence-electron chi connectivity index (χ3n) is 5.05. The number of amides is 1. The van der Waals surface area contributed by atoms with Gasteiger partial charge in [0.05, 0.1) is 18.2 Å². The fourth-order valence-corrected chi connectivity index (χ4v) is 4.35. The molecule has 4 aromatic rings. The lowest BCUT2D eigenvalue weighted by Gasteiger charge is -2.08. The number of thioether (sulfide) groups is 1. The van der Waals surface area contributed by atoms with E-state index in [-0.39, 0.29) is 11.5 Å². The number of rotatable bonds is 9. The molecule has 0 radical (unpaired) electrons. The smallest absolute Gasteiger partial charge is 0.291 e. The summed E-state index contributed by atoms with van der Waals surface area (Å²) in [7, 11) is 1.65. The van der Waals surface area contributed by atoms with Crippen LogP contribution in [0.1, 0.15) is 18.6 Å². The average molecular weight is 425 g/mol. The Kier molecular flexibility index (Phi) is 6.23. The van der Waals surface area contributed by atoms with Crippen molar-refractivity contribution < 1.29 is 9.21 Å². The summed E-state index contributed by atoms with van der Waals surface area (Å²) in [6.07, 6.45) is 4.48. The molecule has 0 atom stereocenters. The summed E-state index contributed by atoms with van der Waals surface area (Å²) in [6, 6.07) is 11.8. The Morgan fingerprint density at radius 3 is 2.90 bits per heavy atom. The Morgan fingerprint density at radius 2 is 2.07 bits per heavy atom. The first-order valence-electron chi connectivity index (χ1n) is 9.95. The lowest BCUT2D eigenvalue weighted by atomic mass is 10.2. The summed E-state index contributed by atoms with van der Waals surface area (Å²) in [6.45, 7) is 1.23. The van der Waals surface area contributed by atoms with E-state index in [0.717, 1.165) is 33.6 Å². The van der Waals surface area contributed by atoms with E-state index >= 15 is 0 Å². The van der Waals surface area contributed by atoms with Gasteiger partial charge in [-0.15, -0.1) is 0 Å². The van der Waals surface area contributed by atoms with Crippen LogP contribution < -0.4 is 10.9 Å². The molecular weight excluding hydrogens is 400 g/mol. The molecule has 0 spiro atoms. The van der Waals surface area contributed by atoms with Crippen LogP contribution >= 0.6 is 11.8 Å². The molecule has 1 amide bonds. The van der Waals surface area contributed by atoms with Crippen LogP contribution in [0, 0.1) is 0 Å². The minimum Gasteiger partial charge on any atom is -0.468 e. The second-order valence-corrected chi connectivity index (χ2v) is 8.20. The van der Waals surface area contributed by atoms with Gasteiger partial charge in [-0.25, -0.2) is 4.68 Å². The van der Waals surface area contributed by atoms with Crippen molar-refractivity contribution in [3.05, 3.63) is 65.0 Å². The van der Waals surface area contributed by atoms with Crippen molar-refractivity contribution in [2.75, 3.05) is 12.3 Å². The Balaban J connectivity index is 1.34. The van der Waals surface area contributed by atoms with Crippen LogP contribution in [-0.2, 0) is 24.1 Å². The molecule has 7 nitrogen and oxygen atoms in total. The number of para-hydroxylation sites is 1. The van der Waals surface area contributed by atoms with E-state index in [0.29, 0.717) is 31.4 Å². The van der Waals surface area contributed by atoms with Crippen molar-refractivity contribution in [1.82, 2.24) is 19.7 Å². The van der Waals surface area contributed by atoms with Crippen LogP contribution in [0.4, 0.5) is 0 Å². The number of aryl methyl sites for hydroxylation is 2. The van der Waals surface area contributed by atoms with Crippen LogP contribution in [0.15, 0.2) is 58.1 Å². The van der Waals surface area contributed by atoms with E-state index in [1.54, 1.807) is 31.3 Å². The molecule has 0 aliphatic rings. The monoisotopic (exact) mass is 424 g/mol. The zero-order valence-corrected chi connectivity index (χ0v) is 17.7. The maximum Gasteiger partial charge on any atom is 0.291 e. The minimum atomic E-state index is -0.123. The highest BCUT2D eigenvalue weighted by atomic mass is 32.2. The highest BCUT2D eigenvalue weighted by Gasteiger charge is 2.15. The standard InChI is InChI=1S/C22H24N4O3S/c1-25-22(28)21-18(14-24-25)17-7-2-3-8-19(17)26(21)11-4-9-20(27)23-10-13-30-15-16-6-5-12-29-16/h2-3,5-8,12,14H,4,9-11,13,15H2,1H3,(H,23,27). The SMILES string of the molecule is Cn1ncc2c3ccccc3n(CCCC(=O)NCCSCc3ccco3)c2c1=O. The summed E-state index contributed by atoms with van der Waals surface area (Å²) < 4.78 is 8.66. The van der Waals surface area contributed by atoms with Crippen molar-refractivity contribution in [1.29, 1.82) is 0 Å².